The van der Waals surface area contributed by atoms with Crippen LogP contribution in [0.25, 0.3) is 11.2 Å². The number of benzene rings is 4. The van der Waals surface area contributed by atoms with Crippen LogP contribution in [-0.2, 0) is 19.9 Å². The van der Waals surface area contributed by atoms with Crippen molar-refractivity contribution >= 4 is 28.8 Å². The van der Waals surface area contributed by atoms with Crippen LogP contribution in [0, 0.1) is 0 Å². The zero-order valence-corrected chi connectivity index (χ0v) is 27.0. The first kappa shape index (κ1) is 31.3. The summed E-state index contributed by atoms with van der Waals surface area (Å²) in [6, 6.07) is 34.2. The molecule has 2 aromatic heterocycles. The zero-order valence-electron chi connectivity index (χ0n) is 27.0. The highest BCUT2D eigenvalue weighted by Gasteiger charge is 2.46. The van der Waals surface area contributed by atoms with Gasteiger partial charge in [0.1, 0.15) is 41.6 Å². The minimum Gasteiger partial charge on any atom is -0.497 e. The number of rotatable bonds is 10. The van der Waals surface area contributed by atoms with Crippen LogP contribution in [-0.4, -0.2) is 62.3 Å². The number of amides is 2. The number of carbonyl (C=O) groups is 2. The molecular weight excluding hydrogens is 636 g/mol. The molecule has 12 nitrogen and oxygen atoms in total. The summed E-state index contributed by atoms with van der Waals surface area (Å²) in [6.45, 7) is 0.00388. The highest BCUT2D eigenvalue weighted by Crippen LogP contribution is 2.43. The number of imide groups is 1. The number of carbonyl (C=O) groups excluding carboxylic acids is 2. The lowest BCUT2D eigenvalue weighted by Gasteiger charge is -2.37. The zero-order chi connectivity index (χ0) is 34.2. The molecule has 50 heavy (non-hydrogen) atoms. The van der Waals surface area contributed by atoms with Crippen molar-refractivity contribution in [3.05, 3.63) is 150 Å². The van der Waals surface area contributed by atoms with E-state index >= 15 is 0 Å². The molecule has 250 valence electrons. The first-order valence-electron chi connectivity index (χ1n) is 16.1. The second kappa shape index (κ2) is 12.8. The van der Waals surface area contributed by atoms with Crippen LogP contribution in [0.4, 0.5) is 5.82 Å². The van der Waals surface area contributed by atoms with Crippen molar-refractivity contribution in [3.8, 4) is 5.75 Å². The summed E-state index contributed by atoms with van der Waals surface area (Å²) in [5, 5.41) is 0.825. The maximum Gasteiger partial charge on any atom is 0.285 e. The van der Waals surface area contributed by atoms with E-state index in [1.165, 1.54) is 6.33 Å². The van der Waals surface area contributed by atoms with Gasteiger partial charge in [0.25, 0.3) is 11.8 Å². The average Bonchev–Trinajstić information content (AvgIpc) is 3.85. The molecule has 2 N–H and O–H groups in total. The van der Waals surface area contributed by atoms with Crippen LogP contribution < -0.4 is 10.5 Å². The van der Waals surface area contributed by atoms with Crippen LogP contribution in [0.15, 0.2) is 122 Å². The molecule has 1 saturated heterocycles. The molecule has 2 aliphatic heterocycles. The molecule has 0 saturated carbocycles. The summed E-state index contributed by atoms with van der Waals surface area (Å²) >= 11 is 0. The topological polar surface area (TPSA) is 144 Å². The Morgan fingerprint density at radius 1 is 0.800 bits per heavy atom. The smallest absolute Gasteiger partial charge is 0.285 e. The number of ether oxygens (including phenoxy) is 3. The van der Waals surface area contributed by atoms with E-state index in [0.29, 0.717) is 16.9 Å². The van der Waals surface area contributed by atoms with Gasteiger partial charge in [-0.3, -0.25) is 19.0 Å². The molecule has 1 fully saturated rings. The summed E-state index contributed by atoms with van der Waals surface area (Å²) < 4.78 is 21.0. The molecule has 0 spiro atoms. The predicted octanol–water partition coefficient (Wildman–Crippen LogP) is 5.31. The maximum atomic E-state index is 13.4. The molecule has 2 aliphatic rings. The molecule has 8 rings (SSSR count). The third-order valence-corrected chi connectivity index (χ3v) is 9.20. The largest absolute Gasteiger partial charge is 0.497 e. The van der Waals surface area contributed by atoms with E-state index in [0.717, 1.165) is 21.8 Å². The van der Waals surface area contributed by atoms with E-state index in [4.69, 9.17) is 24.8 Å². The Morgan fingerprint density at radius 3 is 2.02 bits per heavy atom. The van der Waals surface area contributed by atoms with Crippen LogP contribution in [0.5, 0.6) is 5.75 Å². The van der Waals surface area contributed by atoms with E-state index in [-0.39, 0.29) is 30.0 Å². The van der Waals surface area contributed by atoms with Crippen molar-refractivity contribution in [3.63, 3.8) is 0 Å². The van der Waals surface area contributed by atoms with Crippen LogP contribution in [0.3, 0.4) is 0 Å². The van der Waals surface area contributed by atoms with E-state index in [9.17, 15) is 9.59 Å². The lowest BCUT2D eigenvalue weighted by atomic mass is 9.80. The van der Waals surface area contributed by atoms with E-state index in [2.05, 4.69) is 15.0 Å². The van der Waals surface area contributed by atoms with Gasteiger partial charge in [-0.15, -0.1) is 5.06 Å². The van der Waals surface area contributed by atoms with Crippen LogP contribution >= 0.6 is 0 Å². The number of hydroxylamine groups is 2. The molecule has 0 bridgehead atoms. The fourth-order valence-electron chi connectivity index (χ4n) is 6.74. The number of hydrogen-bond acceptors (Lipinski definition) is 10. The van der Waals surface area contributed by atoms with Crippen molar-refractivity contribution in [2.24, 2.45) is 0 Å². The normalized spacial score (nSPS) is 18.9. The number of hydrogen-bond donors (Lipinski definition) is 1. The Kier molecular flexibility index (Phi) is 8.03. The Hall–Kier alpha value is -5.95. The standard InChI is InChI=1S/C38H32N6O6/c1-47-27-18-16-26(17-19-27)38(24-10-4-2-5-11-24,25-12-6-3-7-13-25)48-21-31-30(50-44-36(45)28-14-8-9-15-29(28)37(44)46)20-32(49-31)43-23-42-33-34(39)40-22-41-35(33)43/h2-19,22-23,30-32H,20-21H2,1H3,(H2,39,40,41)/t30-,31+,32-/m0/s1. The summed E-state index contributed by atoms with van der Waals surface area (Å²) in [6.07, 6.45) is 0.986. The van der Waals surface area contributed by atoms with Gasteiger partial charge in [-0.25, -0.2) is 15.0 Å². The number of anilines is 1. The van der Waals surface area contributed by atoms with Crippen molar-refractivity contribution in [2.75, 3.05) is 19.5 Å². The number of nitrogen functional groups attached to an aromatic ring is 1. The summed E-state index contributed by atoms with van der Waals surface area (Å²) in [4.78, 5) is 46.0. The molecule has 4 aromatic carbocycles. The summed E-state index contributed by atoms with van der Waals surface area (Å²) in [5.41, 5.74) is 9.08. The Labute approximate surface area is 287 Å². The molecule has 0 radical (unpaired) electrons. The number of methoxy groups -OCH3 is 1. The van der Waals surface area contributed by atoms with E-state index in [1.54, 1.807) is 42.3 Å². The van der Waals surface area contributed by atoms with E-state index in [1.807, 2.05) is 84.9 Å². The highest BCUT2D eigenvalue weighted by atomic mass is 16.7. The van der Waals surface area contributed by atoms with Gasteiger partial charge in [0.05, 0.1) is 31.2 Å². The molecule has 12 heteroatoms. The van der Waals surface area contributed by atoms with Gasteiger partial charge in [-0.05, 0) is 41.0 Å². The average molecular weight is 669 g/mol. The Bertz CT molecular complexity index is 2100. The molecule has 3 atom stereocenters. The first-order valence-corrected chi connectivity index (χ1v) is 16.1. The van der Waals surface area contributed by atoms with Gasteiger partial charge in [-0.1, -0.05) is 84.9 Å². The monoisotopic (exact) mass is 668 g/mol. The second-order valence-corrected chi connectivity index (χ2v) is 12.0. The fourth-order valence-corrected chi connectivity index (χ4v) is 6.74. The number of imidazole rings is 1. The lowest BCUT2D eigenvalue weighted by molar-refractivity contribution is -0.165. The van der Waals surface area contributed by atoms with Crippen LogP contribution in [0.2, 0.25) is 0 Å². The van der Waals surface area contributed by atoms with Gasteiger partial charge in [0, 0.05) is 6.42 Å². The number of nitrogens with two attached hydrogens (primary N) is 1. The van der Waals surface area contributed by atoms with Gasteiger partial charge < -0.3 is 19.9 Å². The molecule has 6 aromatic rings. The van der Waals surface area contributed by atoms with Crippen molar-refractivity contribution in [1.29, 1.82) is 0 Å². The molecular formula is C38H32N6O6. The highest BCUT2D eigenvalue weighted by molar-refractivity contribution is 6.20. The van der Waals surface area contributed by atoms with Gasteiger partial charge >= 0.3 is 0 Å². The van der Waals surface area contributed by atoms with Crippen molar-refractivity contribution in [1.82, 2.24) is 24.6 Å². The molecule has 0 aliphatic carbocycles. The SMILES string of the molecule is COc1ccc(C(OC[C@H]2O[C@H](n3cnc4c(N)ncnc43)C[C@@H]2ON2C(=O)c3ccccc3C2=O)(c2ccccc2)c2ccccc2)cc1. The lowest BCUT2D eigenvalue weighted by Crippen LogP contribution is -2.42. The minimum atomic E-state index is -1.10. The molecule has 0 unspecified atom stereocenters. The first-order chi connectivity index (χ1) is 24.5. The number of aromatic nitrogens is 4. The minimum absolute atomic E-state index is 0.00388. The summed E-state index contributed by atoms with van der Waals surface area (Å²) in [7, 11) is 1.62. The second-order valence-electron chi connectivity index (χ2n) is 12.0. The van der Waals surface area contributed by atoms with Gasteiger partial charge in [-0.2, -0.15) is 0 Å². The quantitative estimate of drug-likeness (QED) is 0.151. The van der Waals surface area contributed by atoms with E-state index < -0.39 is 35.9 Å². The van der Waals surface area contributed by atoms with Gasteiger partial charge in [0.2, 0.25) is 0 Å². The fraction of sp³-hybridized carbons (Fsp3) is 0.184. The maximum absolute atomic E-state index is 13.4. The Balaban J connectivity index is 1.18. The molecule has 2 amide bonds. The molecule has 4 heterocycles. The number of nitrogens with zero attached hydrogens (tertiary/aromatic N) is 5. The Morgan fingerprint density at radius 2 is 1.40 bits per heavy atom. The van der Waals surface area contributed by atoms with Gasteiger partial charge in [0.15, 0.2) is 11.5 Å². The van der Waals surface area contributed by atoms with Crippen molar-refractivity contribution in [2.45, 2.75) is 30.5 Å². The van der Waals surface area contributed by atoms with Crippen molar-refractivity contribution < 1.29 is 28.6 Å². The summed E-state index contributed by atoms with van der Waals surface area (Å²) in [5.74, 6) is -0.135. The number of fused-ring (bicyclic) bond motifs is 2. The van der Waals surface area contributed by atoms with Crippen LogP contribution in [0.1, 0.15) is 50.1 Å². The third kappa shape index (κ3) is 5.26. The predicted molar refractivity (Wildman–Crippen MR) is 182 cm³/mol. The third-order valence-electron chi connectivity index (χ3n) is 9.20.